The molecule has 1 saturated carbocycles. The van der Waals surface area contributed by atoms with Gasteiger partial charge in [-0.1, -0.05) is 6.07 Å². The van der Waals surface area contributed by atoms with Crippen LogP contribution in [0.3, 0.4) is 0 Å². The molecule has 0 radical (unpaired) electrons. The van der Waals surface area contributed by atoms with E-state index in [4.69, 9.17) is 4.74 Å². The van der Waals surface area contributed by atoms with Gasteiger partial charge in [0.25, 0.3) is 0 Å². The number of hydrogen-bond donors (Lipinski definition) is 1. The summed E-state index contributed by atoms with van der Waals surface area (Å²) in [4.78, 5) is 29.4. The number of rotatable bonds is 5. The topological polar surface area (TPSA) is 71.5 Å². The Kier molecular flexibility index (Phi) is 6.45. The number of piperazine rings is 1. The maximum absolute atomic E-state index is 15.0. The maximum Gasteiger partial charge on any atom is 0.416 e. The van der Waals surface area contributed by atoms with Crippen LogP contribution < -0.4 is 5.32 Å². The number of ether oxygens (including phenoxy) is 1. The molecule has 1 aromatic heterocycles. The highest BCUT2D eigenvalue weighted by Crippen LogP contribution is 2.49. The van der Waals surface area contributed by atoms with Crippen molar-refractivity contribution in [3.8, 4) is 11.3 Å². The number of nitrogens with zero attached hydrogens (tertiary/aromatic N) is 2. The number of aromatic nitrogens is 1. The fourth-order valence-corrected chi connectivity index (χ4v) is 4.60. The lowest BCUT2D eigenvalue weighted by molar-refractivity contribution is -0.141. The molecule has 0 spiro atoms. The van der Waals surface area contributed by atoms with Gasteiger partial charge in [0.1, 0.15) is 5.69 Å². The van der Waals surface area contributed by atoms with Crippen molar-refractivity contribution < 1.29 is 31.9 Å². The van der Waals surface area contributed by atoms with Crippen LogP contribution in [0.1, 0.15) is 35.4 Å². The van der Waals surface area contributed by atoms with Gasteiger partial charge in [0, 0.05) is 29.9 Å². The van der Waals surface area contributed by atoms with E-state index in [0.29, 0.717) is 17.3 Å². The Hall–Kier alpha value is -2.53. The SMILES string of the molecule is COC1CC(c2c(C(F)(F)F)ccc(CN3CC(=O)NCC3=O)c2-c2ncc(Br)cc2F)C1. The number of methoxy groups -OCH3 is 1. The minimum atomic E-state index is -4.67. The zero-order valence-corrected chi connectivity index (χ0v) is 19.1. The quantitative estimate of drug-likeness (QED) is 0.594. The Morgan fingerprint density at radius 1 is 1.27 bits per heavy atom. The average molecular weight is 530 g/mol. The fourth-order valence-electron chi connectivity index (χ4n) is 4.29. The Morgan fingerprint density at radius 2 is 2.00 bits per heavy atom. The van der Waals surface area contributed by atoms with E-state index in [2.05, 4.69) is 26.2 Å². The summed E-state index contributed by atoms with van der Waals surface area (Å²) in [5.41, 5.74) is -0.864. The van der Waals surface area contributed by atoms with Crippen molar-refractivity contribution in [2.45, 2.75) is 37.6 Å². The molecule has 4 rings (SSSR count). The van der Waals surface area contributed by atoms with E-state index in [9.17, 15) is 22.8 Å². The highest BCUT2D eigenvalue weighted by Gasteiger charge is 2.42. The molecule has 0 atom stereocenters. The summed E-state index contributed by atoms with van der Waals surface area (Å²) in [7, 11) is 1.49. The largest absolute Gasteiger partial charge is 0.416 e. The van der Waals surface area contributed by atoms with Crippen LogP contribution in [0.4, 0.5) is 17.6 Å². The Morgan fingerprint density at radius 3 is 2.64 bits per heavy atom. The van der Waals surface area contributed by atoms with Crippen molar-refractivity contribution in [2.24, 2.45) is 0 Å². The summed E-state index contributed by atoms with van der Waals surface area (Å²) >= 11 is 3.12. The van der Waals surface area contributed by atoms with Crippen molar-refractivity contribution in [2.75, 3.05) is 20.2 Å². The van der Waals surface area contributed by atoms with Gasteiger partial charge in [-0.05, 0) is 57.9 Å². The van der Waals surface area contributed by atoms with Crippen LogP contribution >= 0.6 is 15.9 Å². The maximum atomic E-state index is 15.0. The van der Waals surface area contributed by atoms with Gasteiger partial charge >= 0.3 is 6.18 Å². The van der Waals surface area contributed by atoms with E-state index in [-0.39, 0.29) is 59.9 Å². The number of halogens is 5. The number of carbonyl (C=O) groups excluding carboxylic acids is 2. The third kappa shape index (κ3) is 4.74. The minimum absolute atomic E-state index is 0.00756. The van der Waals surface area contributed by atoms with Crippen LogP contribution in [0.5, 0.6) is 0 Å². The molecule has 2 amide bonds. The van der Waals surface area contributed by atoms with E-state index >= 15 is 4.39 Å². The molecule has 176 valence electrons. The number of carbonyl (C=O) groups is 2. The third-order valence-corrected chi connectivity index (χ3v) is 6.44. The molecule has 0 unspecified atom stereocenters. The number of alkyl halides is 3. The Bertz CT molecular complexity index is 1100. The lowest BCUT2D eigenvalue weighted by Crippen LogP contribution is -2.51. The Labute approximate surface area is 195 Å². The van der Waals surface area contributed by atoms with E-state index < -0.39 is 23.5 Å². The van der Waals surface area contributed by atoms with Gasteiger partial charge in [-0.15, -0.1) is 0 Å². The highest BCUT2D eigenvalue weighted by molar-refractivity contribution is 9.10. The molecule has 1 aliphatic carbocycles. The summed E-state index contributed by atoms with van der Waals surface area (Å²) in [6, 6.07) is 3.32. The highest BCUT2D eigenvalue weighted by atomic mass is 79.9. The molecule has 2 heterocycles. The van der Waals surface area contributed by atoms with E-state index in [1.807, 2.05) is 0 Å². The molecule has 1 aliphatic heterocycles. The summed E-state index contributed by atoms with van der Waals surface area (Å²) in [5, 5.41) is 2.43. The second-order valence-corrected chi connectivity index (χ2v) is 9.01. The molecule has 0 bridgehead atoms. The second-order valence-electron chi connectivity index (χ2n) is 8.10. The summed E-state index contributed by atoms with van der Waals surface area (Å²) < 4.78 is 62.7. The van der Waals surface area contributed by atoms with Gasteiger partial charge in [0.05, 0.1) is 24.8 Å². The molecular formula is C22H20BrF4N3O3. The van der Waals surface area contributed by atoms with Gasteiger partial charge in [0.2, 0.25) is 11.8 Å². The smallest absolute Gasteiger partial charge is 0.381 e. The first-order valence-electron chi connectivity index (χ1n) is 10.2. The van der Waals surface area contributed by atoms with Gasteiger partial charge in [0.15, 0.2) is 5.82 Å². The molecular weight excluding hydrogens is 510 g/mol. The van der Waals surface area contributed by atoms with E-state index in [1.165, 1.54) is 24.3 Å². The van der Waals surface area contributed by atoms with Gasteiger partial charge in [-0.2, -0.15) is 13.2 Å². The molecule has 6 nitrogen and oxygen atoms in total. The molecule has 2 fully saturated rings. The average Bonchev–Trinajstić information content (AvgIpc) is 2.70. The normalized spacial score (nSPS) is 21.1. The molecule has 2 aliphatic rings. The first-order valence-corrected chi connectivity index (χ1v) is 11.0. The first kappa shape index (κ1) is 23.6. The van der Waals surface area contributed by atoms with Crippen molar-refractivity contribution >= 4 is 27.7 Å². The monoisotopic (exact) mass is 529 g/mol. The van der Waals surface area contributed by atoms with Crippen LogP contribution in [0.15, 0.2) is 28.9 Å². The van der Waals surface area contributed by atoms with Gasteiger partial charge in [-0.25, -0.2) is 4.39 Å². The molecule has 11 heteroatoms. The van der Waals surface area contributed by atoms with Crippen LogP contribution in [-0.2, 0) is 27.0 Å². The van der Waals surface area contributed by atoms with Crippen molar-refractivity contribution in [3.05, 3.63) is 51.4 Å². The van der Waals surface area contributed by atoms with E-state index in [0.717, 1.165) is 12.1 Å². The minimum Gasteiger partial charge on any atom is -0.381 e. The molecule has 33 heavy (non-hydrogen) atoms. The molecule has 2 aromatic rings. The molecule has 1 saturated heterocycles. The van der Waals surface area contributed by atoms with Crippen LogP contribution in [0.2, 0.25) is 0 Å². The number of pyridine rings is 1. The summed E-state index contributed by atoms with van der Waals surface area (Å²) in [6.07, 6.45) is -2.86. The Balaban J connectivity index is 1.91. The fraction of sp³-hybridized carbons (Fsp3) is 0.409. The van der Waals surface area contributed by atoms with Crippen LogP contribution in [-0.4, -0.2) is 48.0 Å². The standard InChI is InChI=1S/C22H20BrF4N3O3/c1-33-14-4-12(5-14)19-15(22(25,26)27)3-2-11(9-30-10-17(31)28-8-18(30)32)20(19)21-16(24)6-13(23)7-29-21/h2-3,6-7,12,14H,4-5,8-10H2,1H3,(H,28,31). The second kappa shape index (κ2) is 9.02. The third-order valence-electron chi connectivity index (χ3n) is 6.00. The number of benzene rings is 1. The lowest BCUT2D eigenvalue weighted by atomic mass is 9.72. The molecule has 1 N–H and O–H groups in total. The summed E-state index contributed by atoms with van der Waals surface area (Å²) in [6.45, 7) is -0.588. The van der Waals surface area contributed by atoms with Crippen LogP contribution in [0, 0.1) is 5.82 Å². The van der Waals surface area contributed by atoms with Crippen LogP contribution in [0.25, 0.3) is 11.3 Å². The van der Waals surface area contributed by atoms with Crippen molar-refractivity contribution in [1.82, 2.24) is 15.2 Å². The molecule has 1 aromatic carbocycles. The zero-order chi connectivity index (χ0) is 23.9. The van der Waals surface area contributed by atoms with Gasteiger partial charge in [-0.3, -0.25) is 14.6 Å². The number of amides is 2. The predicted molar refractivity (Wildman–Crippen MR) is 114 cm³/mol. The number of hydrogen-bond acceptors (Lipinski definition) is 4. The van der Waals surface area contributed by atoms with Crippen molar-refractivity contribution in [3.63, 3.8) is 0 Å². The van der Waals surface area contributed by atoms with Crippen molar-refractivity contribution in [1.29, 1.82) is 0 Å². The number of nitrogens with one attached hydrogen (secondary N) is 1. The zero-order valence-electron chi connectivity index (χ0n) is 17.5. The predicted octanol–water partition coefficient (Wildman–Crippen LogP) is 4.02. The van der Waals surface area contributed by atoms with Gasteiger partial charge < -0.3 is 15.0 Å². The first-order chi connectivity index (χ1) is 15.6. The summed E-state index contributed by atoms with van der Waals surface area (Å²) in [5.74, 6) is -2.07. The van der Waals surface area contributed by atoms with E-state index in [1.54, 1.807) is 0 Å². The lowest BCUT2D eigenvalue weighted by Gasteiger charge is -2.38.